The molecule has 0 aliphatic rings. The molecule has 0 rings (SSSR count). The Bertz CT molecular complexity index is 6.49. The van der Waals surface area contributed by atoms with Crippen molar-refractivity contribution in [2.24, 2.45) is 0 Å². The van der Waals surface area contributed by atoms with Crippen molar-refractivity contribution in [2.75, 3.05) is 0 Å². The van der Waals surface area contributed by atoms with E-state index in [1.54, 1.807) is 0 Å². The normalized spacial score (nSPS) is 0. The van der Waals surface area contributed by atoms with E-state index in [1.807, 2.05) is 0 Å². The van der Waals surface area contributed by atoms with Gasteiger partial charge < -0.3 is 23.5 Å². The van der Waals surface area contributed by atoms with Gasteiger partial charge in [-0.05, 0) is 0 Å². The third-order valence-corrected chi connectivity index (χ3v) is 0. The smallest absolute Gasteiger partial charge is 1.00 e. The first-order valence-electron chi connectivity index (χ1n) is 0. The van der Waals surface area contributed by atoms with Gasteiger partial charge in [0.2, 0.25) is 0 Å². The molecule has 0 saturated heterocycles. The van der Waals surface area contributed by atoms with Gasteiger partial charge in [0.1, 0.15) is 0 Å². The fraction of sp³-hybridized carbons (Fsp3) is 0. The van der Waals surface area contributed by atoms with Gasteiger partial charge in [0.25, 0.3) is 0 Å². The van der Waals surface area contributed by atoms with Crippen LogP contribution in [0.4, 0.5) is 4.70 Å². The number of hydrogen-bond acceptors (Lipinski definition) is 0. The van der Waals surface area contributed by atoms with Crippen molar-refractivity contribution >= 4 is 0 Å². The van der Waals surface area contributed by atoms with Gasteiger partial charge in [0, 0.05) is 0 Å². The summed E-state index contributed by atoms with van der Waals surface area (Å²) in [7, 11) is 0. The standard InChI is InChI=1S/6FH.2Fe/h6*1H;;/q;;;;;;+2;+3/p-5. The van der Waals surface area contributed by atoms with E-state index in [0.29, 0.717) is 0 Å². The Morgan fingerprint density at radius 2 is 0.500 bits per heavy atom. The van der Waals surface area contributed by atoms with Crippen LogP contribution in [0.1, 0.15) is 0 Å². The largest absolute Gasteiger partial charge is 3.00 e. The summed E-state index contributed by atoms with van der Waals surface area (Å²) in [4.78, 5) is 0. The van der Waals surface area contributed by atoms with E-state index in [9.17, 15) is 0 Å². The second-order valence-electron chi connectivity index (χ2n) is 0. The van der Waals surface area contributed by atoms with Crippen molar-refractivity contribution in [3.05, 3.63) is 0 Å². The second-order valence-corrected chi connectivity index (χ2v) is 0. The van der Waals surface area contributed by atoms with Gasteiger partial charge in [-0.15, -0.1) is 0 Å². The summed E-state index contributed by atoms with van der Waals surface area (Å²) in [5, 5.41) is 0. The molecule has 0 nitrogen and oxygen atoms in total. The van der Waals surface area contributed by atoms with Crippen LogP contribution >= 0.6 is 0 Å². The predicted molar refractivity (Wildman–Crippen MR) is 2.50 cm³/mol. The maximum atomic E-state index is 0. The van der Waals surface area contributed by atoms with E-state index in [0.717, 1.165) is 0 Å². The van der Waals surface area contributed by atoms with Crippen molar-refractivity contribution in [3.8, 4) is 0 Å². The Morgan fingerprint density at radius 3 is 0.500 bits per heavy atom. The average Bonchev–Trinajstić information content (AvgIpc) is 0. The van der Waals surface area contributed by atoms with Crippen LogP contribution in [0.5, 0.6) is 0 Å². The van der Waals surface area contributed by atoms with E-state index in [4.69, 9.17) is 0 Å². The molecular weight excluding hydrogens is 226 g/mol. The van der Waals surface area contributed by atoms with Crippen molar-refractivity contribution in [1.82, 2.24) is 0 Å². The van der Waals surface area contributed by atoms with Gasteiger partial charge in [0.15, 0.2) is 0 Å². The third kappa shape index (κ3) is 545. The van der Waals surface area contributed by atoms with Gasteiger partial charge >= 0.3 is 34.1 Å². The first-order chi connectivity index (χ1) is 0. The molecule has 0 heterocycles. The quantitative estimate of drug-likeness (QED) is 0.284. The molecule has 0 saturated carbocycles. The maximum absolute atomic E-state index is 0. The molecule has 8 heavy (non-hydrogen) atoms. The topological polar surface area (TPSA) is 0 Å². The second kappa shape index (κ2) is 871. The SMILES string of the molecule is F.[F-].[F-].[F-].[F-].[F-].[Fe+2].[Fe+3]. The van der Waals surface area contributed by atoms with Crippen molar-refractivity contribution in [2.45, 2.75) is 0 Å². The Balaban J connectivity index is 0. The van der Waals surface area contributed by atoms with Crippen LogP contribution in [0.25, 0.3) is 0 Å². The number of hydrogen-bond donors (Lipinski definition) is 0. The van der Waals surface area contributed by atoms with Gasteiger partial charge in [-0.2, -0.15) is 0 Å². The average molecular weight is 227 g/mol. The molecule has 1 radical (unpaired) electrons. The van der Waals surface area contributed by atoms with Crippen molar-refractivity contribution < 1.29 is 62.4 Å². The summed E-state index contributed by atoms with van der Waals surface area (Å²) < 4.78 is 0. The summed E-state index contributed by atoms with van der Waals surface area (Å²) in [5.41, 5.74) is 0. The Hall–Kier alpha value is 0.619. The van der Waals surface area contributed by atoms with E-state index < -0.39 is 0 Å². The van der Waals surface area contributed by atoms with Crippen LogP contribution in [0.15, 0.2) is 0 Å². The molecule has 0 aromatic heterocycles. The summed E-state index contributed by atoms with van der Waals surface area (Å²) in [6, 6.07) is 0. The monoisotopic (exact) mass is 227 g/mol. The van der Waals surface area contributed by atoms with Crippen LogP contribution in [-0.4, -0.2) is 0 Å². The van der Waals surface area contributed by atoms with E-state index in [-0.39, 0.29) is 62.4 Å². The van der Waals surface area contributed by atoms with Gasteiger partial charge in [0.05, 0.1) is 0 Å². The van der Waals surface area contributed by atoms with Crippen LogP contribution in [0.2, 0.25) is 0 Å². The molecule has 0 fully saturated rings. The molecule has 0 aliphatic heterocycles. The maximum Gasteiger partial charge on any atom is 3.00 e. The minimum absolute atomic E-state index is 0. The fourth-order valence-corrected chi connectivity index (χ4v) is 0. The molecule has 0 amide bonds. The van der Waals surface area contributed by atoms with Crippen LogP contribution in [-0.2, 0) is 34.1 Å². The molecular formula is HF6Fe2. The summed E-state index contributed by atoms with van der Waals surface area (Å²) in [6.45, 7) is 0. The Kier molecular flexibility index (Phi) is 142000. The fourth-order valence-electron chi connectivity index (χ4n) is 0. The number of rotatable bonds is 0. The number of halogens is 6. The molecule has 0 unspecified atom stereocenters. The van der Waals surface area contributed by atoms with Crippen LogP contribution < -0.4 is 23.5 Å². The first kappa shape index (κ1) is 1310. The first-order valence-corrected chi connectivity index (χ1v) is 0. The zero-order valence-corrected chi connectivity index (χ0v) is 5.21. The Morgan fingerprint density at radius 1 is 0.500 bits per heavy atom. The molecule has 0 aromatic rings. The van der Waals surface area contributed by atoms with Crippen LogP contribution in [0, 0.1) is 0 Å². The van der Waals surface area contributed by atoms with E-state index >= 15 is 0 Å². The molecule has 8 heteroatoms. The van der Waals surface area contributed by atoms with Gasteiger partial charge in [-0.3, -0.25) is 4.70 Å². The molecule has 59 valence electrons. The predicted octanol–water partition coefficient (Wildman–Crippen LogP) is -14.8. The minimum Gasteiger partial charge on any atom is -1.00 e. The molecule has 0 atom stereocenters. The zero-order valence-electron chi connectivity index (χ0n) is 3.01. The zero-order chi connectivity index (χ0) is 0. The third-order valence-electron chi connectivity index (χ3n) is 0. The van der Waals surface area contributed by atoms with Crippen molar-refractivity contribution in [3.63, 3.8) is 0 Å². The Labute approximate surface area is 62.9 Å². The van der Waals surface area contributed by atoms with Crippen molar-refractivity contribution in [1.29, 1.82) is 0 Å². The van der Waals surface area contributed by atoms with Gasteiger partial charge in [-0.25, -0.2) is 0 Å². The molecule has 0 bridgehead atoms. The molecule has 0 aliphatic carbocycles. The minimum atomic E-state index is 0. The molecule has 0 N–H and O–H groups in total. The van der Waals surface area contributed by atoms with E-state index in [2.05, 4.69) is 0 Å². The molecule has 0 spiro atoms. The van der Waals surface area contributed by atoms with Gasteiger partial charge in [-0.1, -0.05) is 0 Å². The summed E-state index contributed by atoms with van der Waals surface area (Å²) >= 11 is 0. The summed E-state index contributed by atoms with van der Waals surface area (Å²) in [6.07, 6.45) is 0. The van der Waals surface area contributed by atoms with Crippen LogP contribution in [0.3, 0.4) is 0 Å². The molecule has 0 aromatic carbocycles. The van der Waals surface area contributed by atoms with E-state index in [1.165, 1.54) is 0 Å². The summed E-state index contributed by atoms with van der Waals surface area (Å²) in [5.74, 6) is 0.